The molecule has 0 saturated carbocycles. The van der Waals surface area contributed by atoms with Crippen molar-refractivity contribution in [3.05, 3.63) is 40.4 Å². The first-order valence-electron chi connectivity index (χ1n) is 8.47. The van der Waals surface area contributed by atoms with E-state index in [0.717, 1.165) is 24.4 Å². The molecule has 6 nitrogen and oxygen atoms in total. The molecule has 0 aliphatic carbocycles. The summed E-state index contributed by atoms with van der Waals surface area (Å²) in [5.74, 6) is -0.281. The summed E-state index contributed by atoms with van der Waals surface area (Å²) < 4.78 is 0. The number of nitrogens with one attached hydrogen (secondary N) is 1. The topological polar surface area (TPSA) is 83.6 Å². The van der Waals surface area contributed by atoms with Crippen LogP contribution in [0, 0.1) is 6.92 Å². The van der Waals surface area contributed by atoms with Crippen molar-refractivity contribution < 1.29 is 4.79 Å². The number of aryl methyl sites for hydroxylation is 1. The molecule has 0 radical (unpaired) electrons. The van der Waals surface area contributed by atoms with Crippen LogP contribution in [-0.2, 0) is 0 Å². The molecule has 1 amide bonds. The molecule has 2 aromatic rings. The van der Waals surface area contributed by atoms with Crippen LogP contribution in [0.2, 0.25) is 0 Å². The molecular weight excluding hydrogens is 334 g/mol. The molecule has 0 atom stereocenters. The Balaban J connectivity index is 1.65. The van der Waals surface area contributed by atoms with E-state index in [-0.39, 0.29) is 5.91 Å². The number of carbonyl (C=O) groups excluding carboxylic acids is 1. The van der Waals surface area contributed by atoms with Gasteiger partial charge in [-0.3, -0.25) is 4.79 Å². The van der Waals surface area contributed by atoms with E-state index < -0.39 is 0 Å². The van der Waals surface area contributed by atoms with Crippen molar-refractivity contribution in [1.82, 2.24) is 10.4 Å². The van der Waals surface area contributed by atoms with Crippen LogP contribution in [0.15, 0.2) is 29.4 Å². The molecule has 7 heteroatoms. The van der Waals surface area contributed by atoms with Gasteiger partial charge in [0, 0.05) is 18.8 Å². The number of carbonyl (C=O) groups is 1. The minimum atomic E-state index is -0.281. The Morgan fingerprint density at radius 2 is 1.92 bits per heavy atom. The van der Waals surface area contributed by atoms with Gasteiger partial charge in [-0.15, -0.1) is 0 Å². The molecule has 0 bridgehead atoms. The first-order chi connectivity index (χ1) is 12.0. The fraction of sp³-hybridized carbons (Fsp3) is 0.389. The van der Waals surface area contributed by atoms with Gasteiger partial charge in [0.15, 0.2) is 5.13 Å². The second-order valence-corrected chi connectivity index (χ2v) is 7.23. The minimum absolute atomic E-state index is 0.281. The van der Waals surface area contributed by atoms with E-state index in [2.05, 4.69) is 32.5 Å². The van der Waals surface area contributed by atoms with Gasteiger partial charge in [0.2, 0.25) is 0 Å². The summed E-state index contributed by atoms with van der Waals surface area (Å²) in [6.07, 6.45) is 3.84. The van der Waals surface area contributed by atoms with Crippen LogP contribution in [0.25, 0.3) is 0 Å². The molecule has 1 saturated heterocycles. The number of anilines is 2. The predicted octanol–water partition coefficient (Wildman–Crippen LogP) is 3.18. The van der Waals surface area contributed by atoms with Gasteiger partial charge >= 0.3 is 0 Å². The van der Waals surface area contributed by atoms with E-state index >= 15 is 0 Å². The molecule has 1 fully saturated rings. The average Bonchev–Trinajstić information content (AvgIpc) is 2.98. The summed E-state index contributed by atoms with van der Waals surface area (Å²) in [5, 5.41) is 4.59. The van der Waals surface area contributed by atoms with E-state index in [1.807, 2.05) is 19.1 Å². The molecule has 25 heavy (non-hydrogen) atoms. The number of nitrogens with zero attached hydrogens (tertiary/aromatic N) is 3. The zero-order chi connectivity index (χ0) is 17.8. The number of amides is 1. The van der Waals surface area contributed by atoms with Crippen LogP contribution in [0.5, 0.6) is 0 Å². The lowest BCUT2D eigenvalue weighted by Gasteiger charge is -2.28. The zero-order valence-electron chi connectivity index (χ0n) is 14.6. The number of rotatable bonds is 4. The highest BCUT2D eigenvalue weighted by Gasteiger charge is 2.14. The van der Waals surface area contributed by atoms with Gasteiger partial charge in [-0.1, -0.05) is 23.5 Å². The molecule has 1 aromatic heterocycles. The Bertz CT molecular complexity index is 775. The predicted molar refractivity (Wildman–Crippen MR) is 103 cm³/mol. The molecular formula is C18H23N5OS. The van der Waals surface area contributed by atoms with E-state index in [1.165, 1.54) is 36.3 Å². The third kappa shape index (κ3) is 4.17. The van der Waals surface area contributed by atoms with Gasteiger partial charge in [0.25, 0.3) is 5.91 Å². The maximum absolute atomic E-state index is 12.2. The second kappa shape index (κ2) is 7.65. The number of aromatic nitrogens is 1. The van der Waals surface area contributed by atoms with Gasteiger partial charge in [-0.05, 0) is 50.8 Å². The highest BCUT2D eigenvalue weighted by molar-refractivity contribution is 7.17. The van der Waals surface area contributed by atoms with E-state index in [0.29, 0.717) is 15.7 Å². The van der Waals surface area contributed by atoms with Crippen LogP contribution in [-0.4, -0.2) is 29.7 Å². The van der Waals surface area contributed by atoms with Crippen molar-refractivity contribution in [3.63, 3.8) is 0 Å². The Morgan fingerprint density at radius 3 is 2.52 bits per heavy atom. The summed E-state index contributed by atoms with van der Waals surface area (Å²) in [4.78, 5) is 19.1. The maximum Gasteiger partial charge on any atom is 0.283 e. The van der Waals surface area contributed by atoms with Crippen LogP contribution in [0.3, 0.4) is 0 Å². The molecule has 2 heterocycles. The van der Waals surface area contributed by atoms with E-state index in [9.17, 15) is 4.79 Å². The number of nitrogens with two attached hydrogens (primary N) is 1. The number of benzene rings is 1. The van der Waals surface area contributed by atoms with Crippen LogP contribution in [0.1, 0.15) is 47.1 Å². The minimum Gasteiger partial charge on any atom is -0.375 e. The first-order valence-corrected chi connectivity index (χ1v) is 9.29. The quantitative estimate of drug-likeness (QED) is 0.650. The van der Waals surface area contributed by atoms with Crippen LogP contribution < -0.4 is 16.1 Å². The SMILES string of the molecule is C/C(=N\NC(=O)c1sc(N)nc1C)c1ccc(N2CCCCC2)cc1. The van der Waals surface area contributed by atoms with Crippen LogP contribution >= 0.6 is 11.3 Å². The molecule has 3 N–H and O–H groups in total. The molecule has 1 aliphatic heterocycles. The molecule has 0 unspecified atom stereocenters. The number of hydrazone groups is 1. The number of piperidine rings is 1. The summed E-state index contributed by atoms with van der Waals surface area (Å²) >= 11 is 1.17. The highest BCUT2D eigenvalue weighted by atomic mass is 32.1. The molecule has 3 rings (SSSR count). The third-order valence-electron chi connectivity index (χ3n) is 4.35. The Morgan fingerprint density at radius 1 is 1.24 bits per heavy atom. The highest BCUT2D eigenvalue weighted by Crippen LogP contribution is 2.21. The Hall–Kier alpha value is -2.41. The third-order valence-corrected chi connectivity index (χ3v) is 5.34. The molecule has 132 valence electrons. The van der Waals surface area contributed by atoms with Gasteiger partial charge in [-0.25, -0.2) is 10.4 Å². The van der Waals surface area contributed by atoms with Gasteiger partial charge in [0.05, 0.1) is 11.4 Å². The summed E-state index contributed by atoms with van der Waals surface area (Å²) in [6, 6.07) is 8.33. The number of hydrogen-bond donors (Lipinski definition) is 2. The molecule has 1 aromatic carbocycles. The van der Waals surface area contributed by atoms with E-state index in [1.54, 1.807) is 6.92 Å². The number of thiazole rings is 1. The maximum atomic E-state index is 12.2. The summed E-state index contributed by atoms with van der Waals surface area (Å²) in [5.41, 5.74) is 11.8. The molecule has 1 aliphatic rings. The Kier molecular flexibility index (Phi) is 5.33. The normalized spacial score (nSPS) is 15.3. The fourth-order valence-corrected chi connectivity index (χ4v) is 3.67. The lowest BCUT2D eigenvalue weighted by molar-refractivity contribution is 0.0958. The van der Waals surface area contributed by atoms with Crippen LogP contribution in [0.4, 0.5) is 10.8 Å². The molecule has 0 spiro atoms. The number of hydrogen-bond acceptors (Lipinski definition) is 6. The van der Waals surface area contributed by atoms with E-state index in [4.69, 9.17) is 5.73 Å². The smallest absolute Gasteiger partial charge is 0.283 e. The zero-order valence-corrected chi connectivity index (χ0v) is 15.4. The largest absolute Gasteiger partial charge is 0.375 e. The second-order valence-electron chi connectivity index (χ2n) is 6.20. The standard InChI is InChI=1S/C18H23N5OS/c1-12(21-22-17(24)16-13(2)20-18(19)25-16)14-6-8-15(9-7-14)23-10-4-3-5-11-23/h6-9H,3-5,10-11H2,1-2H3,(H2,19,20)(H,22,24)/b21-12+. The fourth-order valence-electron chi connectivity index (χ4n) is 2.94. The first kappa shape index (κ1) is 17.4. The van der Waals surface area contributed by atoms with Crippen molar-refractivity contribution >= 4 is 33.8 Å². The summed E-state index contributed by atoms with van der Waals surface area (Å²) in [6.45, 7) is 5.89. The lowest BCUT2D eigenvalue weighted by atomic mass is 10.1. The van der Waals surface area contributed by atoms with Crippen molar-refractivity contribution in [1.29, 1.82) is 0 Å². The van der Waals surface area contributed by atoms with Crippen molar-refractivity contribution in [2.24, 2.45) is 5.10 Å². The van der Waals surface area contributed by atoms with Crippen molar-refractivity contribution in [3.8, 4) is 0 Å². The Labute approximate surface area is 151 Å². The van der Waals surface area contributed by atoms with Crippen molar-refractivity contribution in [2.45, 2.75) is 33.1 Å². The van der Waals surface area contributed by atoms with Gasteiger partial charge in [0.1, 0.15) is 4.88 Å². The van der Waals surface area contributed by atoms with Crippen molar-refractivity contribution in [2.75, 3.05) is 23.7 Å². The number of nitrogen functional groups attached to an aromatic ring is 1. The monoisotopic (exact) mass is 357 g/mol. The lowest BCUT2D eigenvalue weighted by Crippen LogP contribution is -2.29. The average molecular weight is 357 g/mol. The van der Waals surface area contributed by atoms with Gasteiger partial charge in [-0.2, -0.15) is 5.10 Å². The van der Waals surface area contributed by atoms with Gasteiger partial charge < -0.3 is 10.6 Å². The summed E-state index contributed by atoms with van der Waals surface area (Å²) in [7, 11) is 0.